The van der Waals surface area contributed by atoms with E-state index in [1.165, 1.54) is 6.33 Å². The molecular formula is C16H21F3N6O4. The average Bonchev–Trinajstić information content (AvgIpc) is 3.16. The predicted octanol–water partition coefficient (Wildman–Crippen LogP) is 1.12. The molecule has 0 saturated carbocycles. The number of carboxylic acid groups (broad SMARTS) is 1. The van der Waals surface area contributed by atoms with Gasteiger partial charge in [-0.2, -0.15) is 13.2 Å². The van der Waals surface area contributed by atoms with Crippen LogP contribution in [0.4, 0.5) is 19.0 Å². The van der Waals surface area contributed by atoms with E-state index in [4.69, 9.17) is 19.7 Å². The van der Waals surface area contributed by atoms with Crippen LogP contribution in [0.2, 0.25) is 0 Å². The van der Waals surface area contributed by atoms with Gasteiger partial charge in [0.25, 0.3) is 0 Å². The van der Waals surface area contributed by atoms with Crippen LogP contribution in [0.3, 0.4) is 0 Å². The SMILES string of the molecule is COc1cc(N2CCC(Cn3cc(CO)nn3)CC2)ncn1.O=C(O)C(F)(F)F. The molecule has 10 nitrogen and oxygen atoms in total. The van der Waals surface area contributed by atoms with Crippen molar-refractivity contribution in [3.63, 3.8) is 0 Å². The number of aliphatic hydroxyl groups is 1. The molecule has 0 amide bonds. The lowest BCUT2D eigenvalue weighted by Gasteiger charge is -2.32. The zero-order chi connectivity index (χ0) is 21.4. The number of nitrogens with zero attached hydrogens (tertiary/aromatic N) is 6. The molecule has 2 aromatic heterocycles. The minimum Gasteiger partial charge on any atom is -0.481 e. The highest BCUT2D eigenvalue weighted by Crippen LogP contribution is 2.24. The van der Waals surface area contributed by atoms with Gasteiger partial charge in [0.1, 0.15) is 17.8 Å². The Morgan fingerprint density at radius 3 is 2.48 bits per heavy atom. The Kier molecular flexibility index (Phi) is 7.70. The van der Waals surface area contributed by atoms with Gasteiger partial charge in [-0.15, -0.1) is 5.10 Å². The molecule has 2 aromatic rings. The van der Waals surface area contributed by atoms with Gasteiger partial charge in [0.15, 0.2) is 0 Å². The van der Waals surface area contributed by atoms with Gasteiger partial charge in [-0.3, -0.25) is 4.68 Å². The molecule has 0 atom stereocenters. The zero-order valence-electron chi connectivity index (χ0n) is 15.6. The van der Waals surface area contributed by atoms with Crippen LogP contribution in [-0.4, -0.2) is 67.5 Å². The molecule has 1 saturated heterocycles. The first-order chi connectivity index (χ1) is 13.7. The number of methoxy groups -OCH3 is 1. The van der Waals surface area contributed by atoms with E-state index in [1.807, 2.05) is 16.9 Å². The van der Waals surface area contributed by atoms with Crippen LogP contribution in [-0.2, 0) is 17.9 Å². The molecule has 1 aliphatic rings. The van der Waals surface area contributed by atoms with Crippen LogP contribution >= 0.6 is 0 Å². The second-order valence-corrected chi connectivity index (χ2v) is 6.24. The minimum atomic E-state index is -5.08. The van der Waals surface area contributed by atoms with E-state index in [1.54, 1.807) is 7.11 Å². The lowest BCUT2D eigenvalue weighted by molar-refractivity contribution is -0.192. The van der Waals surface area contributed by atoms with Crippen LogP contribution in [0.25, 0.3) is 0 Å². The van der Waals surface area contributed by atoms with Crippen LogP contribution in [0.15, 0.2) is 18.6 Å². The number of carbonyl (C=O) groups is 1. The maximum Gasteiger partial charge on any atom is 0.490 e. The summed E-state index contributed by atoms with van der Waals surface area (Å²) in [6.07, 6.45) is 0.398. The smallest absolute Gasteiger partial charge is 0.481 e. The number of rotatable bonds is 5. The summed E-state index contributed by atoms with van der Waals surface area (Å²) in [5.41, 5.74) is 0.616. The van der Waals surface area contributed by atoms with Crippen molar-refractivity contribution in [2.24, 2.45) is 5.92 Å². The molecule has 0 spiro atoms. The Hall–Kier alpha value is -2.96. The van der Waals surface area contributed by atoms with E-state index in [2.05, 4.69) is 25.2 Å². The summed E-state index contributed by atoms with van der Waals surface area (Å²) in [6.45, 7) is 2.68. The number of aromatic nitrogens is 5. The first kappa shape index (κ1) is 22.3. The second kappa shape index (κ2) is 10.0. The van der Waals surface area contributed by atoms with Crippen molar-refractivity contribution in [3.8, 4) is 5.88 Å². The number of anilines is 1. The molecule has 0 aliphatic carbocycles. The maximum atomic E-state index is 10.6. The first-order valence-corrected chi connectivity index (χ1v) is 8.64. The molecule has 13 heteroatoms. The van der Waals surface area contributed by atoms with Gasteiger partial charge in [-0.05, 0) is 18.8 Å². The Labute approximate surface area is 163 Å². The molecule has 160 valence electrons. The van der Waals surface area contributed by atoms with Crippen molar-refractivity contribution >= 4 is 11.8 Å². The lowest BCUT2D eigenvalue weighted by atomic mass is 9.97. The monoisotopic (exact) mass is 418 g/mol. The first-order valence-electron chi connectivity index (χ1n) is 8.64. The van der Waals surface area contributed by atoms with Crippen LogP contribution in [0, 0.1) is 5.92 Å². The van der Waals surface area contributed by atoms with Crippen LogP contribution in [0.5, 0.6) is 5.88 Å². The third-order valence-electron chi connectivity index (χ3n) is 4.21. The fraction of sp³-hybridized carbons (Fsp3) is 0.562. The summed E-state index contributed by atoms with van der Waals surface area (Å²) in [5.74, 6) is -0.694. The third kappa shape index (κ3) is 6.85. The van der Waals surface area contributed by atoms with E-state index in [-0.39, 0.29) is 6.61 Å². The molecule has 3 heterocycles. The van der Waals surface area contributed by atoms with E-state index >= 15 is 0 Å². The molecule has 2 N–H and O–H groups in total. The molecule has 0 unspecified atom stereocenters. The number of alkyl halides is 3. The number of aliphatic hydroxyl groups excluding tert-OH is 1. The maximum absolute atomic E-state index is 10.6. The van der Waals surface area contributed by atoms with Gasteiger partial charge < -0.3 is 19.8 Å². The normalized spacial score (nSPS) is 14.9. The molecule has 29 heavy (non-hydrogen) atoms. The van der Waals surface area contributed by atoms with Crippen LogP contribution in [0.1, 0.15) is 18.5 Å². The standard InChI is InChI=1S/C14H20N6O2.C2HF3O2/c1-22-14-6-13(15-10-16-14)19-4-2-11(3-5-19)7-20-8-12(9-21)17-18-20;3-2(4,5)1(6)7/h6,8,10-11,21H,2-5,7,9H2,1H3;(H,6,7). The van der Waals surface area contributed by atoms with Gasteiger partial charge in [0, 0.05) is 25.7 Å². The predicted molar refractivity (Wildman–Crippen MR) is 93.2 cm³/mol. The molecule has 1 aliphatic heterocycles. The van der Waals surface area contributed by atoms with Gasteiger partial charge in [0.2, 0.25) is 5.88 Å². The summed E-state index contributed by atoms with van der Waals surface area (Å²) in [7, 11) is 1.61. The molecule has 3 rings (SSSR count). The van der Waals surface area contributed by atoms with Gasteiger partial charge in [-0.1, -0.05) is 5.21 Å². The number of aliphatic carboxylic acids is 1. The van der Waals surface area contributed by atoms with Crippen molar-refractivity contribution < 1.29 is 32.9 Å². The topological polar surface area (TPSA) is 126 Å². The second-order valence-electron chi connectivity index (χ2n) is 6.24. The third-order valence-corrected chi connectivity index (χ3v) is 4.21. The number of carboxylic acids is 1. The number of halogens is 3. The van der Waals surface area contributed by atoms with Crippen molar-refractivity contribution in [1.82, 2.24) is 25.0 Å². The summed E-state index contributed by atoms with van der Waals surface area (Å²) in [6, 6.07) is 1.87. The van der Waals surface area contributed by atoms with Crippen molar-refractivity contribution in [3.05, 3.63) is 24.3 Å². The molecular weight excluding hydrogens is 397 g/mol. The fourth-order valence-corrected chi connectivity index (χ4v) is 2.72. The Morgan fingerprint density at radius 1 is 1.31 bits per heavy atom. The molecule has 0 bridgehead atoms. The Bertz CT molecular complexity index is 793. The highest BCUT2D eigenvalue weighted by atomic mass is 19.4. The van der Waals surface area contributed by atoms with E-state index < -0.39 is 12.1 Å². The lowest BCUT2D eigenvalue weighted by Crippen LogP contribution is -2.35. The zero-order valence-corrected chi connectivity index (χ0v) is 15.6. The van der Waals surface area contributed by atoms with Gasteiger partial charge >= 0.3 is 12.1 Å². The number of hydrogen-bond acceptors (Lipinski definition) is 8. The van der Waals surface area contributed by atoms with Crippen molar-refractivity contribution in [1.29, 1.82) is 0 Å². The van der Waals surface area contributed by atoms with Crippen LogP contribution < -0.4 is 9.64 Å². The van der Waals surface area contributed by atoms with Crippen molar-refractivity contribution in [2.75, 3.05) is 25.1 Å². The summed E-state index contributed by atoms with van der Waals surface area (Å²) in [4.78, 5) is 19.5. The van der Waals surface area contributed by atoms with E-state index in [9.17, 15) is 13.2 Å². The number of hydrogen-bond donors (Lipinski definition) is 2. The summed E-state index contributed by atoms with van der Waals surface area (Å²) < 4.78 is 38.7. The molecule has 1 fully saturated rings. The average molecular weight is 418 g/mol. The molecule has 0 aromatic carbocycles. The Morgan fingerprint density at radius 2 is 1.97 bits per heavy atom. The van der Waals surface area contributed by atoms with Gasteiger partial charge in [0.05, 0.1) is 19.9 Å². The highest BCUT2D eigenvalue weighted by Gasteiger charge is 2.38. The molecule has 0 radical (unpaired) electrons. The minimum absolute atomic E-state index is 0.0615. The van der Waals surface area contributed by atoms with Crippen molar-refractivity contribution in [2.45, 2.75) is 32.2 Å². The number of ether oxygens (including phenoxy) is 1. The summed E-state index contributed by atoms with van der Waals surface area (Å²) >= 11 is 0. The Balaban J connectivity index is 0.000000370. The van der Waals surface area contributed by atoms with E-state index in [0.717, 1.165) is 38.3 Å². The summed E-state index contributed by atoms with van der Waals surface area (Å²) in [5, 5.41) is 24.1. The highest BCUT2D eigenvalue weighted by molar-refractivity contribution is 5.73. The largest absolute Gasteiger partial charge is 0.490 e. The fourth-order valence-electron chi connectivity index (χ4n) is 2.72. The van der Waals surface area contributed by atoms with E-state index in [0.29, 0.717) is 17.5 Å². The number of piperidine rings is 1. The quantitative estimate of drug-likeness (QED) is 0.734. The van der Waals surface area contributed by atoms with Gasteiger partial charge in [-0.25, -0.2) is 14.8 Å².